The monoisotopic (exact) mass is 414 g/mol. The van der Waals surface area contributed by atoms with E-state index in [1.165, 1.54) is 13.2 Å². The van der Waals surface area contributed by atoms with E-state index in [1.807, 2.05) is 0 Å². The van der Waals surface area contributed by atoms with Gasteiger partial charge >= 0.3 is 11.9 Å². The van der Waals surface area contributed by atoms with Gasteiger partial charge in [0.1, 0.15) is 11.9 Å². The predicted octanol–water partition coefficient (Wildman–Crippen LogP) is 3.31. The highest BCUT2D eigenvalue weighted by molar-refractivity contribution is 5.90. The molecule has 0 aromatic heterocycles. The maximum atomic E-state index is 14.6. The molecule has 2 fully saturated rings. The van der Waals surface area contributed by atoms with Crippen molar-refractivity contribution in [3.05, 3.63) is 59.4 Å². The summed E-state index contributed by atoms with van der Waals surface area (Å²) in [4.78, 5) is 23.7. The Morgan fingerprint density at radius 1 is 1.13 bits per heavy atom. The molecule has 2 aromatic carbocycles. The number of methoxy groups -OCH3 is 1. The van der Waals surface area contributed by atoms with Crippen LogP contribution < -0.4 is 0 Å². The molecular weight excluding hydrogens is 391 g/mol. The maximum absolute atomic E-state index is 14.6. The van der Waals surface area contributed by atoms with E-state index >= 15 is 0 Å². The lowest BCUT2D eigenvalue weighted by Gasteiger charge is -2.16. The van der Waals surface area contributed by atoms with Gasteiger partial charge in [-0.2, -0.15) is 0 Å². The molecule has 2 heterocycles. The Hall–Kier alpha value is -2.77. The fraction of sp³-hybridized carbons (Fsp3) is 0.391. The molecule has 30 heavy (non-hydrogen) atoms. The number of carbonyl (C=O) groups excluding carboxylic acids is 2. The molecular formula is C23H23FO6. The second kappa shape index (κ2) is 8.93. The Morgan fingerprint density at radius 2 is 1.93 bits per heavy atom. The summed E-state index contributed by atoms with van der Waals surface area (Å²) in [6.45, 7) is 0.956. The van der Waals surface area contributed by atoms with Crippen LogP contribution in [0.5, 0.6) is 0 Å². The first-order chi connectivity index (χ1) is 14.5. The van der Waals surface area contributed by atoms with Gasteiger partial charge in [-0.1, -0.05) is 24.3 Å². The van der Waals surface area contributed by atoms with Crippen LogP contribution in [0.3, 0.4) is 0 Å². The van der Waals surface area contributed by atoms with E-state index in [9.17, 15) is 14.0 Å². The van der Waals surface area contributed by atoms with Crippen molar-refractivity contribution >= 4 is 11.9 Å². The number of halogens is 1. The van der Waals surface area contributed by atoms with Crippen molar-refractivity contribution in [1.82, 2.24) is 0 Å². The van der Waals surface area contributed by atoms with Crippen LogP contribution in [-0.4, -0.2) is 50.6 Å². The summed E-state index contributed by atoms with van der Waals surface area (Å²) in [6, 6.07) is 11.5. The van der Waals surface area contributed by atoms with Crippen LogP contribution in [0, 0.1) is 5.82 Å². The molecule has 0 N–H and O–H groups in total. The quantitative estimate of drug-likeness (QED) is 0.676. The van der Waals surface area contributed by atoms with Crippen molar-refractivity contribution in [3.63, 3.8) is 0 Å². The maximum Gasteiger partial charge on any atom is 0.338 e. The van der Waals surface area contributed by atoms with Crippen molar-refractivity contribution in [3.8, 4) is 11.1 Å². The Morgan fingerprint density at radius 3 is 2.67 bits per heavy atom. The molecule has 2 aliphatic rings. The summed E-state index contributed by atoms with van der Waals surface area (Å²) in [5.74, 6) is -1.17. The van der Waals surface area contributed by atoms with E-state index in [1.54, 1.807) is 36.4 Å². The standard InChI is InChI=1S/C23H23FO6/c1-27-21(25)9-3-14-2-8-17(18(24)12-14)15-4-6-16(7-5-15)23(26)30-20-13-29-19-10-11-28-22(19)20/h2,4-8,12,19-20,22H,3,9-11,13H2,1H3/t19?,20-,22?/m1/s1. The molecule has 0 amide bonds. The Labute approximate surface area is 173 Å². The first-order valence-electron chi connectivity index (χ1n) is 9.95. The molecule has 0 bridgehead atoms. The van der Waals surface area contributed by atoms with Crippen LogP contribution in [0.4, 0.5) is 4.39 Å². The lowest BCUT2D eigenvalue weighted by atomic mass is 10.0. The summed E-state index contributed by atoms with van der Waals surface area (Å²) >= 11 is 0. The van der Waals surface area contributed by atoms with Crippen molar-refractivity contribution in [1.29, 1.82) is 0 Å². The van der Waals surface area contributed by atoms with Gasteiger partial charge in [-0.05, 0) is 42.2 Å². The van der Waals surface area contributed by atoms with Crippen LogP contribution in [-0.2, 0) is 30.2 Å². The molecule has 0 saturated carbocycles. The van der Waals surface area contributed by atoms with Gasteiger partial charge in [0.15, 0.2) is 6.10 Å². The number of benzene rings is 2. The van der Waals surface area contributed by atoms with Crippen molar-refractivity contribution in [2.45, 2.75) is 37.6 Å². The van der Waals surface area contributed by atoms with Gasteiger partial charge in [-0.3, -0.25) is 4.79 Å². The van der Waals surface area contributed by atoms with E-state index in [4.69, 9.17) is 14.2 Å². The zero-order valence-electron chi connectivity index (χ0n) is 16.6. The topological polar surface area (TPSA) is 71.1 Å². The third kappa shape index (κ3) is 4.37. The van der Waals surface area contributed by atoms with E-state index in [0.717, 1.165) is 6.42 Å². The fourth-order valence-corrected chi connectivity index (χ4v) is 3.82. The molecule has 6 nitrogen and oxygen atoms in total. The highest BCUT2D eigenvalue weighted by Crippen LogP contribution is 2.29. The number of ether oxygens (including phenoxy) is 4. The third-order valence-electron chi connectivity index (χ3n) is 5.49. The number of hydrogen-bond acceptors (Lipinski definition) is 6. The molecule has 2 unspecified atom stereocenters. The number of aryl methyl sites for hydroxylation is 1. The molecule has 2 aliphatic heterocycles. The molecule has 0 aliphatic carbocycles. The Balaban J connectivity index is 1.40. The lowest BCUT2D eigenvalue weighted by molar-refractivity contribution is -0.140. The van der Waals surface area contributed by atoms with E-state index < -0.39 is 12.1 Å². The van der Waals surface area contributed by atoms with Crippen LogP contribution in [0.2, 0.25) is 0 Å². The molecule has 2 saturated heterocycles. The molecule has 4 rings (SSSR count). The van der Waals surface area contributed by atoms with Crippen molar-refractivity contribution in [2.75, 3.05) is 20.3 Å². The number of fused-ring (bicyclic) bond motifs is 1. The summed E-state index contributed by atoms with van der Waals surface area (Å²) in [5.41, 5.74) is 2.17. The zero-order valence-corrected chi connectivity index (χ0v) is 16.6. The second-order valence-electron chi connectivity index (χ2n) is 7.41. The number of carbonyl (C=O) groups is 2. The summed E-state index contributed by atoms with van der Waals surface area (Å²) in [6.07, 6.45) is 0.833. The van der Waals surface area contributed by atoms with Gasteiger partial charge < -0.3 is 18.9 Å². The average molecular weight is 414 g/mol. The van der Waals surface area contributed by atoms with E-state index in [0.29, 0.717) is 41.9 Å². The Kier molecular flexibility index (Phi) is 6.11. The van der Waals surface area contributed by atoms with Crippen molar-refractivity contribution < 1.29 is 32.9 Å². The minimum Gasteiger partial charge on any atom is -0.469 e. The van der Waals surface area contributed by atoms with Gasteiger partial charge in [0.2, 0.25) is 0 Å². The average Bonchev–Trinajstić information content (AvgIpc) is 3.37. The van der Waals surface area contributed by atoms with Gasteiger partial charge in [-0.15, -0.1) is 0 Å². The number of hydrogen-bond donors (Lipinski definition) is 0. The summed E-state index contributed by atoms with van der Waals surface area (Å²) in [5, 5.41) is 0. The normalized spacial score (nSPS) is 22.5. The first kappa shape index (κ1) is 20.5. The molecule has 2 aromatic rings. The van der Waals surface area contributed by atoms with Gasteiger partial charge in [-0.25, -0.2) is 9.18 Å². The fourth-order valence-electron chi connectivity index (χ4n) is 3.82. The number of rotatable bonds is 6. The SMILES string of the molecule is COC(=O)CCc1ccc(-c2ccc(C(=O)O[C@@H]3COC4CCOC43)cc2)c(F)c1. The van der Waals surface area contributed by atoms with E-state index in [2.05, 4.69) is 4.74 Å². The van der Waals surface area contributed by atoms with Crippen molar-refractivity contribution in [2.24, 2.45) is 0 Å². The Bertz CT molecular complexity index is 926. The highest BCUT2D eigenvalue weighted by Gasteiger charge is 2.44. The largest absolute Gasteiger partial charge is 0.469 e. The van der Waals surface area contributed by atoms with E-state index in [-0.39, 0.29) is 30.4 Å². The minimum absolute atomic E-state index is 0.00346. The van der Waals surface area contributed by atoms with Crippen LogP contribution in [0.25, 0.3) is 11.1 Å². The van der Waals surface area contributed by atoms with Gasteiger partial charge in [0.05, 0.1) is 25.4 Å². The molecule has 0 radical (unpaired) electrons. The molecule has 0 spiro atoms. The van der Waals surface area contributed by atoms with Crippen LogP contribution in [0.1, 0.15) is 28.8 Å². The van der Waals surface area contributed by atoms with Crippen LogP contribution in [0.15, 0.2) is 42.5 Å². The minimum atomic E-state index is -0.454. The smallest absolute Gasteiger partial charge is 0.338 e. The first-order valence-corrected chi connectivity index (χ1v) is 9.95. The molecule has 3 atom stereocenters. The lowest BCUT2D eigenvalue weighted by Crippen LogP contribution is -2.32. The molecule has 158 valence electrons. The van der Waals surface area contributed by atoms with Gasteiger partial charge in [0.25, 0.3) is 0 Å². The zero-order chi connectivity index (χ0) is 21.1. The third-order valence-corrected chi connectivity index (χ3v) is 5.49. The number of esters is 2. The van der Waals surface area contributed by atoms with Crippen LogP contribution >= 0.6 is 0 Å². The second-order valence-corrected chi connectivity index (χ2v) is 7.41. The van der Waals surface area contributed by atoms with Gasteiger partial charge in [0, 0.05) is 18.6 Å². The molecule has 7 heteroatoms. The predicted molar refractivity (Wildman–Crippen MR) is 105 cm³/mol. The summed E-state index contributed by atoms with van der Waals surface area (Å²) in [7, 11) is 1.33. The highest BCUT2D eigenvalue weighted by atomic mass is 19.1. The summed E-state index contributed by atoms with van der Waals surface area (Å²) < 4.78 is 35.9.